The van der Waals surface area contributed by atoms with E-state index in [-0.39, 0.29) is 12.4 Å². The topological polar surface area (TPSA) is 64.1 Å². The molecule has 0 radical (unpaired) electrons. The molecule has 0 spiro atoms. The van der Waals surface area contributed by atoms with Gasteiger partial charge in [0, 0.05) is 16.0 Å². The predicted octanol–water partition coefficient (Wildman–Crippen LogP) is 4.27. The minimum Gasteiger partial charge on any atom is -0.460 e. The zero-order valence-electron chi connectivity index (χ0n) is 13.4. The van der Waals surface area contributed by atoms with Crippen LogP contribution in [0.15, 0.2) is 53.4 Å². The molecule has 24 heavy (non-hydrogen) atoms. The Morgan fingerprint density at radius 3 is 2.79 bits per heavy atom. The molecule has 0 aliphatic carbocycles. The number of para-hydroxylation sites is 1. The van der Waals surface area contributed by atoms with Crippen molar-refractivity contribution in [2.75, 3.05) is 18.2 Å². The van der Waals surface area contributed by atoms with Gasteiger partial charge in [-0.05, 0) is 43.5 Å². The molecule has 0 saturated carbocycles. The van der Waals surface area contributed by atoms with Gasteiger partial charge in [0.05, 0.1) is 12.1 Å². The van der Waals surface area contributed by atoms with Crippen LogP contribution in [0.3, 0.4) is 0 Å². The molecule has 1 N–H and O–H groups in total. The second-order valence-corrected chi connectivity index (χ2v) is 5.87. The zero-order chi connectivity index (χ0) is 16.9. The summed E-state index contributed by atoms with van der Waals surface area (Å²) in [6.45, 7) is 2.04. The number of benzene rings is 2. The van der Waals surface area contributed by atoms with Crippen molar-refractivity contribution in [2.45, 2.75) is 11.8 Å². The van der Waals surface area contributed by atoms with Crippen molar-refractivity contribution in [3.05, 3.63) is 54.4 Å². The Labute approximate surface area is 144 Å². The Morgan fingerprint density at radius 2 is 2.00 bits per heavy atom. The summed E-state index contributed by atoms with van der Waals surface area (Å²) in [6.07, 6.45) is 2.03. The van der Waals surface area contributed by atoms with Crippen LogP contribution in [-0.4, -0.2) is 28.8 Å². The first-order valence-corrected chi connectivity index (χ1v) is 8.78. The van der Waals surface area contributed by atoms with Crippen LogP contribution in [0.25, 0.3) is 10.9 Å². The lowest BCUT2D eigenvalue weighted by atomic mass is 10.2. The van der Waals surface area contributed by atoms with E-state index in [1.807, 2.05) is 54.8 Å². The largest absolute Gasteiger partial charge is 0.460 e. The van der Waals surface area contributed by atoms with Crippen LogP contribution in [0.5, 0.6) is 0 Å². The average Bonchev–Trinajstić information content (AvgIpc) is 2.62. The molecule has 0 aliphatic rings. The quantitative estimate of drug-likeness (QED) is 0.553. The molecule has 3 rings (SSSR count). The number of rotatable bonds is 5. The van der Waals surface area contributed by atoms with E-state index in [2.05, 4.69) is 15.3 Å². The first-order chi connectivity index (χ1) is 11.7. The summed E-state index contributed by atoms with van der Waals surface area (Å²) in [5, 5.41) is 4.13. The van der Waals surface area contributed by atoms with E-state index in [0.29, 0.717) is 11.3 Å². The number of carbonyl (C=O) groups is 1. The highest BCUT2D eigenvalue weighted by molar-refractivity contribution is 7.98. The number of fused-ring (bicyclic) bond motifs is 1. The molecule has 1 aromatic heterocycles. The average molecular weight is 339 g/mol. The van der Waals surface area contributed by atoms with Crippen molar-refractivity contribution in [3.63, 3.8) is 0 Å². The van der Waals surface area contributed by atoms with Crippen molar-refractivity contribution in [3.8, 4) is 0 Å². The standard InChI is InChI=1S/C18H17N3O2S/c1-3-23-18(22)17-20-15-10-5-4-9-14(15)16(21-17)19-12-7-6-8-13(11-12)24-2/h4-11H,3H2,1-2H3,(H,19,20,21). The zero-order valence-corrected chi connectivity index (χ0v) is 14.3. The van der Waals surface area contributed by atoms with E-state index < -0.39 is 5.97 Å². The van der Waals surface area contributed by atoms with Crippen molar-refractivity contribution in [1.82, 2.24) is 9.97 Å². The van der Waals surface area contributed by atoms with E-state index in [0.717, 1.165) is 16.0 Å². The highest BCUT2D eigenvalue weighted by Gasteiger charge is 2.15. The van der Waals surface area contributed by atoms with Gasteiger partial charge in [0.1, 0.15) is 5.82 Å². The number of anilines is 2. The first-order valence-electron chi connectivity index (χ1n) is 7.56. The second-order valence-electron chi connectivity index (χ2n) is 4.99. The third-order valence-corrected chi connectivity index (χ3v) is 4.12. The molecule has 3 aromatic rings. The van der Waals surface area contributed by atoms with E-state index in [9.17, 15) is 4.79 Å². The molecule has 122 valence electrons. The lowest BCUT2D eigenvalue weighted by Crippen LogP contribution is -2.11. The number of ether oxygens (including phenoxy) is 1. The Hall–Kier alpha value is -2.60. The molecular formula is C18H17N3O2S. The smallest absolute Gasteiger partial charge is 0.376 e. The maximum Gasteiger partial charge on any atom is 0.376 e. The third kappa shape index (κ3) is 3.49. The fourth-order valence-electron chi connectivity index (χ4n) is 2.30. The molecule has 0 bridgehead atoms. The van der Waals surface area contributed by atoms with Crippen molar-refractivity contribution < 1.29 is 9.53 Å². The molecule has 5 nitrogen and oxygen atoms in total. The van der Waals surface area contributed by atoms with Gasteiger partial charge in [-0.1, -0.05) is 18.2 Å². The van der Waals surface area contributed by atoms with E-state index in [4.69, 9.17) is 4.74 Å². The summed E-state index contributed by atoms with van der Waals surface area (Å²) in [5.41, 5.74) is 1.60. The molecular weight excluding hydrogens is 322 g/mol. The van der Waals surface area contributed by atoms with Gasteiger partial charge in [0.15, 0.2) is 0 Å². The van der Waals surface area contributed by atoms with Crippen LogP contribution in [0, 0.1) is 0 Å². The first kappa shape index (κ1) is 16.3. The van der Waals surface area contributed by atoms with Gasteiger partial charge in [-0.25, -0.2) is 14.8 Å². The van der Waals surface area contributed by atoms with Gasteiger partial charge in [-0.3, -0.25) is 0 Å². The fraction of sp³-hybridized carbons (Fsp3) is 0.167. The van der Waals surface area contributed by atoms with E-state index >= 15 is 0 Å². The van der Waals surface area contributed by atoms with Gasteiger partial charge in [-0.2, -0.15) is 0 Å². The molecule has 0 atom stereocenters. The minimum atomic E-state index is -0.524. The molecule has 1 heterocycles. The summed E-state index contributed by atoms with van der Waals surface area (Å²) >= 11 is 1.66. The van der Waals surface area contributed by atoms with Crippen molar-refractivity contribution in [2.24, 2.45) is 0 Å². The number of nitrogens with zero attached hydrogens (tertiary/aromatic N) is 2. The van der Waals surface area contributed by atoms with Gasteiger partial charge < -0.3 is 10.1 Å². The molecule has 2 aromatic carbocycles. The normalized spacial score (nSPS) is 10.6. The second kappa shape index (κ2) is 7.31. The van der Waals surface area contributed by atoms with Crippen molar-refractivity contribution >= 4 is 40.1 Å². The van der Waals surface area contributed by atoms with Crippen LogP contribution in [0.4, 0.5) is 11.5 Å². The van der Waals surface area contributed by atoms with E-state index in [1.165, 1.54) is 0 Å². The van der Waals surface area contributed by atoms with Crippen LogP contribution < -0.4 is 5.32 Å². The minimum absolute atomic E-state index is 0.0547. The van der Waals surface area contributed by atoms with Crippen molar-refractivity contribution in [1.29, 1.82) is 0 Å². The number of hydrogen-bond donors (Lipinski definition) is 1. The highest BCUT2D eigenvalue weighted by Crippen LogP contribution is 2.26. The lowest BCUT2D eigenvalue weighted by molar-refractivity contribution is 0.0512. The third-order valence-electron chi connectivity index (χ3n) is 3.39. The van der Waals surface area contributed by atoms with Gasteiger partial charge in [-0.15, -0.1) is 11.8 Å². The van der Waals surface area contributed by atoms with Crippen LogP contribution >= 0.6 is 11.8 Å². The Balaban J connectivity index is 2.05. The number of esters is 1. The Kier molecular flexibility index (Phi) is 4.96. The van der Waals surface area contributed by atoms with Crippen LogP contribution in [0.1, 0.15) is 17.5 Å². The number of hydrogen-bond acceptors (Lipinski definition) is 6. The molecule has 0 unspecified atom stereocenters. The highest BCUT2D eigenvalue weighted by atomic mass is 32.2. The molecule has 6 heteroatoms. The summed E-state index contributed by atoms with van der Waals surface area (Å²) in [4.78, 5) is 21.8. The van der Waals surface area contributed by atoms with Crippen LogP contribution in [-0.2, 0) is 4.74 Å². The number of nitrogens with one attached hydrogen (secondary N) is 1. The Bertz CT molecular complexity index is 883. The SMILES string of the molecule is CCOC(=O)c1nc(Nc2cccc(SC)c2)c2ccccc2n1. The molecule has 0 fully saturated rings. The summed E-state index contributed by atoms with van der Waals surface area (Å²) in [5.74, 6) is 0.116. The maximum atomic E-state index is 12.0. The molecule has 0 saturated heterocycles. The fourth-order valence-corrected chi connectivity index (χ4v) is 2.76. The monoisotopic (exact) mass is 339 g/mol. The van der Waals surface area contributed by atoms with Gasteiger partial charge in [0.25, 0.3) is 0 Å². The number of thioether (sulfide) groups is 1. The molecule has 0 amide bonds. The van der Waals surface area contributed by atoms with Gasteiger partial charge in [0.2, 0.25) is 5.82 Å². The lowest BCUT2D eigenvalue weighted by Gasteiger charge is -2.11. The van der Waals surface area contributed by atoms with E-state index in [1.54, 1.807) is 18.7 Å². The maximum absolute atomic E-state index is 12.0. The predicted molar refractivity (Wildman–Crippen MR) is 97.0 cm³/mol. The summed E-state index contributed by atoms with van der Waals surface area (Å²) in [7, 11) is 0. The summed E-state index contributed by atoms with van der Waals surface area (Å²) < 4.78 is 5.02. The number of carbonyl (C=O) groups excluding carboxylic acids is 1. The summed E-state index contributed by atoms with van der Waals surface area (Å²) in [6, 6.07) is 15.6. The molecule has 0 aliphatic heterocycles. The van der Waals surface area contributed by atoms with Gasteiger partial charge >= 0.3 is 5.97 Å². The van der Waals surface area contributed by atoms with Crippen LogP contribution in [0.2, 0.25) is 0 Å². The number of aromatic nitrogens is 2. The Morgan fingerprint density at radius 1 is 1.17 bits per heavy atom.